The van der Waals surface area contributed by atoms with Crippen LogP contribution in [-0.4, -0.2) is 46.2 Å². The van der Waals surface area contributed by atoms with Crippen LogP contribution < -0.4 is 11.1 Å². The SMILES string of the molecule is CC(C)(C)OC(=O)N1CCC(CNc2cc(Cl)nc(N)n2)(c2ccccc2)CC1. The van der Waals surface area contributed by atoms with Gasteiger partial charge >= 0.3 is 6.09 Å². The zero-order valence-electron chi connectivity index (χ0n) is 17.1. The lowest BCUT2D eigenvalue weighted by Crippen LogP contribution is -2.49. The van der Waals surface area contributed by atoms with Crippen molar-refractivity contribution in [2.75, 3.05) is 30.7 Å². The van der Waals surface area contributed by atoms with Gasteiger partial charge in [-0.05, 0) is 39.2 Å². The number of carbonyl (C=O) groups excluding carboxylic acids is 1. The number of amides is 1. The van der Waals surface area contributed by atoms with Gasteiger partial charge in [0.1, 0.15) is 16.6 Å². The Kier molecular flexibility index (Phi) is 6.17. The number of nitrogens with zero attached hydrogens (tertiary/aromatic N) is 3. The smallest absolute Gasteiger partial charge is 0.410 e. The minimum atomic E-state index is -0.501. The van der Waals surface area contributed by atoms with Crippen LogP contribution >= 0.6 is 11.6 Å². The molecular weight excluding hydrogens is 390 g/mol. The molecule has 7 nitrogen and oxygen atoms in total. The third kappa shape index (κ3) is 5.50. The van der Waals surface area contributed by atoms with Gasteiger partial charge in [-0.3, -0.25) is 0 Å². The molecular formula is C21H28ClN5O2. The minimum absolute atomic E-state index is 0.133. The number of ether oxygens (including phenoxy) is 1. The van der Waals surface area contributed by atoms with Gasteiger partial charge in [-0.25, -0.2) is 9.78 Å². The maximum atomic E-state index is 12.5. The van der Waals surface area contributed by atoms with Gasteiger partial charge < -0.3 is 20.7 Å². The van der Waals surface area contributed by atoms with Crippen molar-refractivity contribution in [2.24, 2.45) is 0 Å². The quantitative estimate of drug-likeness (QED) is 0.727. The van der Waals surface area contributed by atoms with Crippen molar-refractivity contribution < 1.29 is 9.53 Å². The highest BCUT2D eigenvalue weighted by Crippen LogP contribution is 2.36. The maximum Gasteiger partial charge on any atom is 0.410 e. The first-order chi connectivity index (χ1) is 13.7. The van der Waals surface area contributed by atoms with Crippen LogP contribution in [0.3, 0.4) is 0 Å². The highest BCUT2D eigenvalue weighted by molar-refractivity contribution is 6.29. The van der Waals surface area contributed by atoms with Crippen LogP contribution in [-0.2, 0) is 10.2 Å². The van der Waals surface area contributed by atoms with Crippen LogP contribution in [0.4, 0.5) is 16.6 Å². The third-order valence-corrected chi connectivity index (χ3v) is 5.27. The Balaban J connectivity index is 1.75. The molecule has 2 heterocycles. The van der Waals surface area contributed by atoms with Gasteiger partial charge in [-0.15, -0.1) is 0 Å². The van der Waals surface area contributed by atoms with E-state index in [0.717, 1.165) is 12.8 Å². The van der Waals surface area contributed by atoms with Crippen LogP contribution in [0.15, 0.2) is 36.4 Å². The Morgan fingerprint density at radius 1 is 1.24 bits per heavy atom. The van der Waals surface area contributed by atoms with Gasteiger partial charge in [0.15, 0.2) is 0 Å². The van der Waals surface area contributed by atoms with Crippen LogP contribution in [0.1, 0.15) is 39.2 Å². The Bertz CT molecular complexity index is 826. The first-order valence-corrected chi connectivity index (χ1v) is 10.1. The normalized spacial score (nSPS) is 16.3. The summed E-state index contributed by atoms with van der Waals surface area (Å²) in [5.41, 5.74) is 6.29. The Morgan fingerprint density at radius 3 is 2.48 bits per heavy atom. The molecule has 156 valence electrons. The Morgan fingerprint density at radius 2 is 1.90 bits per heavy atom. The van der Waals surface area contributed by atoms with E-state index in [0.29, 0.717) is 30.6 Å². The number of piperidine rings is 1. The van der Waals surface area contributed by atoms with Crippen LogP contribution in [0.2, 0.25) is 5.15 Å². The second-order valence-electron chi connectivity index (χ2n) is 8.40. The average molecular weight is 418 g/mol. The van der Waals surface area contributed by atoms with Crippen molar-refractivity contribution in [1.82, 2.24) is 14.9 Å². The Hall–Kier alpha value is -2.54. The molecule has 2 aromatic rings. The number of halogens is 1. The molecule has 1 amide bonds. The van der Waals surface area contributed by atoms with Crippen molar-refractivity contribution >= 4 is 29.5 Å². The number of hydrogen-bond donors (Lipinski definition) is 2. The fraction of sp³-hybridized carbons (Fsp3) is 0.476. The molecule has 1 aliphatic heterocycles. The molecule has 1 aromatic carbocycles. The standard InChI is InChI=1S/C21H28ClN5O2/c1-20(2,3)29-19(28)27-11-9-21(10-12-27,15-7-5-4-6-8-15)14-24-17-13-16(22)25-18(23)26-17/h4-8,13H,9-12,14H2,1-3H3,(H3,23,24,25,26). The lowest BCUT2D eigenvalue weighted by Gasteiger charge is -2.42. The summed E-state index contributed by atoms with van der Waals surface area (Å²) in [5, 5.41) is 3.67. The van der Waals surface area contributed by atoms with Crippen molar-refractivity contribution in [3.8, 4) is 0 Å². The van der Waals surface area contributed by atoms with E-state index >= 15 is 0 Å². The van der Waals surface area contributed by atoms with Gasteiger partial charge in [0.05, 0.1) is 0 Å². The lowest BCUT2D eigenvalue weighted by molar-refractivity contribution is 0.0169. The van der Waals surface area contributed by atoms with Crippen LogP contribution in [0.5, 0.6) is 0 Å². The second kappa shape index (κ2) is 8.45. The van der Waals surface area contributed by atoms with Gasteiger partial charge in [0.2, 0.25) is 5.95 Å². The average Bonchev–Trinajstić information content (AvgIpc) is 2.65. The monoisotopic (exact) mass is 417 g/mol. The summed E-state index contributed by atoms with van der Waals surface area (Å²) >= 11 is 6.00. The topological polar surface area (TPSA) is 93.4 Å². The molecule has 1 saturated heterocycles. The van der Waals surface area contributed by atoms with E-state index in [4.69, 9.17) is 22.1 Å². The molecule has 0 bridgehead atoms. The van der Waals surface area contributed by atoms with E-state index in [1.165, 1.54) is 5.56 Å². The number of rotatable bonds is 4. The Labute approximate surface area is 176 Å². The van der Waals surface area contributed by atoms with E-state index in [-0.39, 0.29) is 17.5 Å². The highest BCUT2D eigenvalue weighted by Gasteiger charge is 2.38. The number of nitrogens with two attached hydrogens (primary N) is 1. The summed E-state index contributed by atoms with van der Waals surface area (Å²) in [6.45, 7) is 7.53. The van der Waals surface area contributed by atoms with Crippen molar-refractivity contribution in [1.29, 1.82) is 0 Å². The van der Waals surface area contributed by atoms with E-state index < -0.39 is 5.60 Å². The molecule has 1 aromatic heterocycles. The number of carbonyl (C=O) groups is 1. The molecule has 0 radical (unpaired) electrons. The van der Waals surface area contributed by atoms with Gasteiger partial charge in [-0.2, -0.15) is 4.98 Å². The molecule has 0 spiro atoms. The number of nitrogen functional groups attached to an aromatic ring is 1. The predicted molar refractivity (Wildman–Crippen MR) is 115 cm³/mol. The maximum absolute atomic E-state index is 12.5. The zero-order chi connectivity index (χ0) is 21.1. The summed E-state index contributed by atoms with van der Waals surface area (Å²) in [7, 11) is 0. The van der Waals surface area contributed by atoms with Crippen molar-refractivity contribution in [2.45, 2.75) is 44.6 Å². The molecule has 0 atom stereocenters. The number of likely N-dealkylation sites (tertiary alicyclic amines) is 1. The summed E-state index contributed by atoms with van der Waals surface area (Å²) in [4.78, 5) is 22.4. The third-order valence-electron chi connectivity index (χ3n) is 5.08. The molecule has 0 unspecified atom stereocenters. The second-order valence-corrected chi connectivity index (χ2v) is 8.79. The highest BCUT2D eigenvalue weighted by atomic mass is 35.5. The first-order valence-electron chi connectivity index (χ1n) is 9.74. The van der Waals surface area contributed by atoms with Gasteiger partial charge in [0.25, 0.3) is 0 Å². The number of hydrogen-bond acceptors (Lipinski definition) is 6. The number of benzene rings is 1. The van der Waals surface area contributed by atoms with E-state index in [1.807, 2.05) is 39.0 Å². The summed E-state index contributed by atoms with van der Waals surface area (Å²) in [5.74, 6) is 0.723. The molecule has 1 fully saturated rings. The molecule has 8 heteroatoms. The summed E-state index contributed by atoms with van der Waals surface area (Å²) < 4.78 is 5.53. The van der Waals surface area contributed by atoms with E-state index in [1.54, 1.807) is 11.0 Å². The largest absolute Gasteiger partial charge is 0.444 e. The summed E-state index contributed by atoms with van der Waals surface area (Å²) in [6, 6.07) is 12.0. The molecule has 29 heavy (non-hydrogen) atoms. The van der Waals surface area contributed by atoms with E-state index in [2.05, 4.69) is 27.4 Å². The number of aromatic nitrogens is 2. The molecule has 3 rings (SSSR count). The van der Waals surface area contributed by atoms with Crippen LogP contribution in [0, 0.1) is 0 Å². The van der Waals surface area contributed by atoms with Crippen molar-refractivity contribution in [3.05, 3.63) is 47.1 Å². The van der Waals surface area contributed by atoms with Crippen LogP contribution in [0.25, 0.3) is 0 Å². The summed E-state index contributed by atoms with van der Waals surface area (Å²) in [6.07, 6.45) is 1.34. The van der Waals surface area contributed by atoms with E-state index in [9.17, 15) is 4.79 Å². The van der Waals surface area contributed by atoms with Gasteiger partial charge in [0, 0.05) is 31.1 Å². The molecule has 1 aliphatic rings. The van der Waals surface area contributed by atoms with Gasteiger partial charge in [-0.1, -0.05) is 41.9 Å². The number of anilines is 2. The fourth-order valence-electron chi connectivity index (χ4n) is 3.59. The lowest BCUT2D eigenvalue weighted by atomic mass is 9.72. The molecule has 3 N–H and O–H groups in total. The number of nitrogens with one attached hydrogen (secondary N) is 1. The molecule has 0 saturated carbocycles. The first kappa shape index (κ1) is 21.2. The zero-order valence-corrected chi connectivity index (χ0v) is 17.9. The van der Waals surface area contributed by atoms with Crippen molar-refractivity contribution in [3.63, 3.8) is 0 Å². The predicted octanol–water partition coefficient (Wildman–Crippen LogP) is 4.09. The fourth-order valence-corrected chi connectivity index (χ4v) is 3.78. The molecule has 0 aliphatic carbocycles. The minimum Gasteiger partial charge on any atom is -0.444 e.